The molecule has 8 nitrogen and oxygen atoms in total. The van der Waals surface area contributed by atoms with Crippen LogP contribution in [0.15, 0.2) is 24.5 Å². The number of hydrogen-bond acceptors (Lipinski definition) is 7. The van der Waals surface area contributed by atoms with E-state index >= 15 is 0 Å². The van der Waals surface area contributed by atoms with Crippen molar-refractivity contribution in [2.45, 2.75) is 57.3 Å². The molecule has 160 valence electrons. The quantitative estimate of drug-likeness (QED) is 0.541. The molecule has 0 fully saturated rings. The largest absolute Gasteiger partial charge is 0.481 e. The molecule has 8 heteroatoms. The first-order valence-corrected chi connectivity index (χ1v) is 10.4. The molecule has 0 unspecified atom stereocenters. The number of carboxylic acid groups (broad SMARTS) is 1. The number of ketones is 1. The van der Waals surface area contributed by atoms with Gasteiger partial charge in [-0.2, -0.15) is 0 Å². The minimum absolute atomic E-state index is 0.0794. The Morgan fingerprint density at radius 2 is 2.00 bits per heavy atom. The number of Topliss-reactive ketones (excluding diaryl/α,β-unsaturated/α-hetero) is 1. The van der Waals surface area contributed by atoms with Gasteiger partial charge >= 0.3 is 12.0 Å². The lowest BCUT2D eigenvalue weighted by Crippen LogP contribution is -2.14. The molecule has 2 N–H and O–H groups in total. The number of unbranched alkanes of at least 4 members (excludes halogenated alkanes) is 1. The standard InChI is InChI=1S/C22H28N4O4/c1-30-22-24-13-16(14-25-22)19(21(28)29)11-10-18(27)7-3-2-6-17-9-8-15-5-4-12-23-20(15)26-17/h8-9,13-14,19H,2-7,10-12H2,1H3,(H,23,26)(H,28,29)/t19-/m1/s1. The predicted molar refractivity (Wildman–Crippen MR) is 112 cm³/mol. The first-order valence-electron chi connectivity index (χ1n) is 10.4. The van der Waals surface area contributed by atoms with Crippen LogP contribution in [-0.4, -0.2) is 45.5 Å². The van der Waals surface area contributed by atoms with Crippen LogP contribution in [0.25, 0.3) is 0 Å². The smallest absolute Gasteiger partial charge is 0.316 e. The van der Waals surface area contributed by atoms with Crippen LogP contribution in [0.3, 0.4) is 0 Å². The van der Waals surface area contributed by atoms with Crippen LogP contribution in [0.2, 0.25) is 0 Å². The maximum absolute atomic E-state index is 12.2. The molecule has 0 aliphatic carbocycles. The Morgan fingerprint density at radius 3 is 2.73 bits per heavy atom. The van der Waals surface area contributed by atoms with Crippen molar-refractivity contribution >= 4 is 17.6 Å². The second kappa shape index (κ2) is 10.7. The number of carboxylic acids is 1. The van der Waals surface area contributed by atoms with Gasteiger partial charge in [-0.15, -0.1) is 0 Å². The van der Waals surface area contributed by atoms with E-state index in [0.717, 1.165) is 50.2 Å². The Morgan fingerprint density at radius 1 is 1.20 bits per heavy atom. The van der Waals surface area contributed by atoms with E-state index < -0.39 is 11.9 Å². The molecule has 1 aliphatic heterocycles. The molecular weight excluding hydrogens is 384 g/mol. The molecule has 2 aromatic rings. The molecule has 0 spiro atoms. The Labute approximate surface area is 176 Å². The summed E-state index contributed by atoms with van der Waals surface area (Å²) in [5.74, 6) is -0.705. The number of carbonyl (C=O) groups excluding carboxylic acids is 1. The molecule has 0 aromatic carbocycles. The number of nitrogens with one attached hydrogen (secondary N) is 1. The van der Waals surface area contributed by atoms with E-state index in [9.17, 15) is 14.7 Å². The second-order valence-electron chi connectivity index (χ2n) is 7.52. The van der Waals surface area contributed by atoms with Gasteiger partial charge in [0.1, 0.15) is 11.6 Å². The fraction of sp³-hybridized carbons (Fsp3) is 0.500. The number of pyridine rings is 1. The van der Waals surface area contributed by atoms with E-state index in [4.69, 9.17) is 4.74 Å². The zero-order valence-corrected chi connectivity index (χ0v) is 17.3. The fourth-order valence-electron chi connectivity index (χ4n) is 3.61. The van der Waals surface area contributed by atoms with Crippen molar-refractivity contribution in [3.05, 3.63) is 41.3 Å². The van der Waals surface area contributed by atoms with Gasteiger partial charge in [0.2, 0.25) is 0 Å². The number of carbonyl (C=O) groups is 2. The minimum Gasteiger partial charge on any atom is -0.481 e. The van der Waals surface area contributed by atoms with E-state index in [1.807, 2.05) is 0 Å². The summed E-state index contributed by atoms with van der Waals surface area (Å²) in [5.41, 5.74) is 2.79. The molecular formula is C22H28N4O4. The van der Waals surface area contributed by atoms with Crippen molar-refractivity contribution in [1.29, 1.82) is 0 Å². The number of aromatic nitrogens is 3. The zero-order chi connectivity index (χ0) is 21.3. The van der Waals surface area contributed by atoms with Crippen LogP contribution < -0.4 is 10.1 Å². The van der Waals surface area contributed by atoms with Crippen molar-refractivity contribution in [2.75, 3.05) is 19.0 Å². The Bertz CT molecular complexity index is 870. The third-order valence-electron chi connectivity index (χ3n) is 5.33. The second-order valence-corrected chi connectivity index (χ2v) is 7.52. The van der Waals surface area contributed by atoms with Gasteiger partial charge in [-0.1, -0.05) is 6.07 Å². The van der Waals surface area contributed by atoms with Crippen LogP contribution in [0.5, 0.6) is 6.01 Å². The summed E-state index contributed by atoms with van der Waals surface area (Å²) in [6.45, 7) is 0.970. The number of ether oxygens (including phenoxy) is 1. The third kappa shape index (κ3) is 5.98. The number of aryl methyl sites for hydroxylation is 2. The highest BCUT2D eigenvalue weighted by molar-refractivity contribution is 5.80. The highest BCUT2D eigenvalue weighted by atomic mass is 16.5. The number of anilines is 1. The molecule has 1 atom stereocenters. The molecule has 0 radical (unpaired) electrons. The summed E-state index contributed by atoms with van der Waals surface area (Å²) >= 11 is 0. The van der Waals surface area contributed by atoms with Crippen molar-refractivity contribution in [3.63, 3.8) is 0 Å². The molecule has 2 aromatic heterocycles. The zero-order valence-electron chi connectivity index (χ0n) is 17.3. The lowest BCUT2D eigenvalue weighted by molar-refractivity contribution is -0.139. The predicted octanol–water partition coefficient (Wildman–Crippen LogP) is 3.17. The average Bonchev–Trinajstić information content (AvgIpc) is 2.77. The Hall–Kier alpha value is -3.03. The van der Waals surface area contributed by atoms with Gasteiger partial charge in [-0.05, 0) is 50.2 Å². The van der Waals surface area contributed by atoms with Gasteiger partial charge in [0.05, 0.1) is 13.0 Å². The van der Waals surface area contributed by atoms with Gasteiger partial charge < -0.3 is 15.2 Å². The molecule has 0 amide bonds. The fourth-order valence-corrected chi connectivity index (χ4v) is 3.61. The number of methoxy groups -OCH3 is 1. The van der Waals surface area contributed by atoms with Gasteiger partial charge in [0.15, 0.2) is 0 Å². The van der Waals surface area contributed by atoms with E-state index in [1.54, 1.807) is 0 Å². The van der Waals surface area contributed by atoms with Crippen molar-refractivity contribution in [3.8, 4) is 6.01 Å². The minimum atomic E-state index is -0.983. The Kier molecular flexibility index (Phi) is 7.70. The van der Waals surface area contributed by atoms with E-state index in [2.05, 4.69) is 32.4 Å². The molecule has 0 saturated heterocycles. The van der Waals surface area contributed by atoms with Gasteiger partial charge in [-0.3, -0.25) is 9.59 Å². The highest BCUT2D eigenvalue weighted by Crippen LogP contribution is 2.23. The van der Waals surface area contributed by atoms with Crippen LogP contribution in [-0.2, 0) is 22.4 Å². The normalized spacial score (nSPS) is 13.8. The molecule has 30 heavy (non-hydrogen) atoms. The van der Waals surface area contributed by atoms with Crippen LogP contribution in [0.1, 0.15) is 61.3 Å². The van der Waals surface area contributed by atoms with Gasteiger partial charge in [-0.25, -0.2) is 15.0 Å². The monoisotopic (exact) mass is 412 g/mol. The molecule has 3 heterocycles. The Balaban J connectivity index is 1.40. The lowest BCUT2D eigenvalue weighted by atomic mass is 9.94. The van der Waals surface area contributed by atoms with Crippen molar-refractivity contribution < 1.29 is 19.4 Å². The molecule has 0 bridgehead atoms. The number of aliphatic carboxylic acids is 1. The van der Waals surface area contributed by atoms with E-state index in [0.29, 0.717) is 12.0 Å². The van der Waals surface area contributed by atoms with Crippen LogP contribution >= 0.6 is 0 Å². The highest BCUT2D eigenvalue weighted by Gasteiger charge is 2.22. The SMILES string of the molecule is COc1ncc([C@@H](CCC(=O)CCCCc2ccc3c(n2)NCCC3)C(=O)O)cn1. The topological polar surface area (TPSA) is 114 Å². The van der Waals surface area contributed by atoms with Crippen LogP contribution in [0.4, 0.5) is 5.82 Å². The molecule has 1 aliphatic rings. The van der Waals surface area contributed by atoms with E-state index in [-0.39, 0.29) is 24.6 Å². The summed E-state index contributed by atoms with van der Waals surface area (Å²) in [7, 11) is 1.45. The first kappa shape index (κ1) is 21.7. The molecule has 3 rings (SSSR count). The van der Waals surface area contributed by atoms with Crippen LogP contribution in [0, 0.1) is 0 Å². The summed E-state index contributed by atoms with van der Waals surface area (Å²) in [6.07, 6.45) is 8.50. The van der Waals surface area contributed by atoms with Crippen molar-refractivity contribution in [2.24, 2.45) is 0 Å². The van der Waals surface area contributed by atoms with E-state index in [1.165, 1.54) is 25.1 Å². The molecule has 0 saturated carbocycles. The van der Waals surface area contributed by atoms with Gasteiger partial charge in [0.25, 0.3) is 0 Å². The average molecular weight is 412 g/mol. The summed E-state index contributed by atoms with van der Waals surface area (Å²) in [5, 5.41) is 12.8. The van der Waals surface area contributed by atoms with Crippen molar-refractivity contribution in [1.82, 2.24) is 15.0 Å². The number of hydrogen-bond donors (Lipinski definition) is 2. The number of rotatable bonds is 11. The third-order valence-corrected chi connectivity index (χ3v) is 5.33. The first-order chi connectivity index (χ1) is 14.6. The summed E-state index contributed by atoms with van der Waals surface area (Å²) in [6, 6.07) is 4.40. The maximum Gasteiger partial charge on any atom is 0.316 e. The number of nitrogens with zero attached hydrogens (tertiary/aromatic N) is 3. The summed E-state index contributed by atoms with van der Waals surface area (Å²) in [4.78, 5) is 36.4. The lowest BCUT2D eigenvalue weighted by Gasteiger charge is -2.17. The maximum atomic E-state index is 12.2. The summed E-state index contributed by atoms with van der Waals surface area (Å²) < 4.78 is 4.89. The number of fused-ring (bicyclic) bond motifs is 1. The van der Waals surface area contributed by atoms with Gasteiger partial charge in [0, 0.05) is 43.0 Å².